The fourth-order valence-corrected chi connectivity index (χ4v) is 4.50. The molecule has 0 bridgehead atoms. The van der Waals surface area contributed by atoms with Crippen molar-refractivity contribution in [2.75, 3.05) is 13.2 Å². The molecule has 2 amide bonds. The summed E-state index contributed by atoms with van der Waals surface area (Å²) in [6.07, 6.45) is 4.58. The number of allylic oxidation sites excluding steroid dienone is 1. The minimum Gasteiger partial charge on any atom is -0.463 e. The fraction of sp³-hybridized carbons (Fsp3) is 0.414. The molecule has 0 aromatic heterocycles. The maximum atomic E-state index is 13.2. The highest BCUT2D eigenvalue weighted by atomic mass is 16.5. The van der Waals surface area contributed by atoms with Crippen molar-refractivity contribution in [3.8, 4) is 0 Å². The van der Waals surface area contributed by atoms with Gasteiger partial charge in [-0.3, -0.25) is 9.59 Å². The van der Waals surface area contributed by atoms with Gasteiger partial charge in [0.2, 0.25) is 5.91 Å². The van der Waals surface area contributed by atoms with Crippen LogP contribution in [0.25, 0.3) is 0 Å². The molecule has 1 heterocycles. The first-order valence-electron chi connectivity index (χ1n) is 12.6. The zero-order valence-corrected chi connectivity index (χ0v) is 21.0. The predicted molar refractivity (Wildman–Crippen MR) is 137 cm³/mol. The van der Waals surface area contributed by atoms with Gasteiger partial charge in [0.1, 0.15) is 0 Å². The second kappa shape index (κ2) is 12.9. The number of unbranched alkanes of at least 4 members (excludes halogenated alkanes) is 3. The SMILES string of the molecule is CCCCCCNC(=O)c1cccc(CN2C(=O)CC(c3ccccc3)C(C(=O)OCC)=C2C)c1. The summed E-state index contributed by atoms with van der Waals surface area (Å²) < 4.78 is 5.36. The third-order valence-electron chi connectivity index (χ3n) is 6.37. The summed E-state index contributed by atoms with van der Waals surface area (Å²) in [4.78, 5) is 40.4. The summed E-state index contributed by atoms with van der Waals surface area (Å²) in [5.41, 5.74) is 3.42. The lowest BCUT2D eigenvalue weighted by molar-refractivity contribution is -0.140. The summed E-state index contributed by atoms with van der Waals surface area (Å²) in [5, 5.41) is 2.98. The lowest BCUT2D eigenvalue weighted by atomic mass is 9.83. The third-order valence-corrected chi connectivity index (χ3v) is 6.37. The molecule has 1 aliphatic rings. The van der Waals surface area contributed by atoms with Crippen molar-refractivity contribution in [1.29, 1.82) is 0 Å². The van der Waals surface area contributed by atoms with Gasteiger partial charge in [-0.25, -0.2) is 4.79 Å². The summed E-state index contributed by atoms with van der Waals surface area (Å²) >= 11 is 0. The van der Waals surface area contributed by atoms with Crippen LogP contribution in [0.2, 0.25) is 0 Å². The van der Waals surface area contributed by atoms with E-state index in [1.807, 2.05) is 48.5 Å². The number of nitrogens with one attached hydrogen (secondary N) is 1. The van der Waals surface area contributed by atoms with Crippen LogP contribution in [0.1, 0.15) is 80.3 Å². The Labute approximate surface area is 208 Å². The number of rotatable bonds is 11. The van der Waals surface area contributed by atoms with E-state index in [9.17, 15) is 14.4 Å². The molecule has 1 N–H and O–H groups in total. The highest BCUT2D eigenvalue weighted by Crippen LogP contribution is 2.37. The number of nitrogens with zero attached hydrogens (tertiary/aromatic N) is 1. The Hall–Kier alpha value is -3.41. The van der Waals surface area contributed by atoms with Crippen molar-refractivity contribution in [3.63, 3.8) is 0 Å². The quantitative estimate of drug-likeness (QED) is 0.350. The summed E-state index contributed by atoms with van der Waals surface area (Å²) in [6, 6.07) is 16.9. The largest absolute Gasteiger partial charge is 0.463 e. The van der Waals surface area contributed by atoms with Crippen LogP contribution in [0.4, 0.5) is 0 Å². The van der Waals surface area contributed by atoms with Gasteiger partial charge in [0.25, 0.3) is 5.91 Å². The Bertz CT molecular complexity index is 1060. The molecule has 2 aromatic rings. The van der Waals surface area contributed by atoms with Gasteiger partial charge in [0.15, 0.2) is 0 Å². The van der Waals surface area contributed by atoms with Gasteiger partial charge in [-0.05, 0) is 43.5 Å². The molecule has 6 nitrogen and oxygen atoms in total. The Morgan fingerprint density at radius 3 is 2.51 bits per heavy atom. The molecule has 0 spiro atoms. The lowest BCUT2D eigenvalue weighted by Gasteiger charge is -2.34. The summed E-state index contributed by atoms with van der Waals surface area (Å²) in [6.45, 7) is 6.93. The van der Waals surface area contributed by atoms with Gasteiger partial charge in [0, 0.05) is 30.1 Å². The molecule has 0 fully saturated rings. The van der Waals surface area contributed by atoms with E-state index in [1.165, 1.54) is 6.42 Å². The number of carbonyl (C=O) groups excluding carboxylic acids is 3. The van der Waals surface area contributed by atoms with E-state index >= 15 is 0 Å². The van der Waals surface area contributed by atoms with Crippen molar-refractivity contribution in [2.45, 2.75) is 65.3 Å². The van der Waals surface area contributed by atoms with Gasteiger partial charge >= 0.3 is 5.97 Å². The Morgan fingerprint density at radius 2 is 1.80 bits per heavy atom. The van der Waals surface area contributed by atoms with Crippen LogP contribution in [0.5, 0.6) is 0 Å². The normalized spacial score (nSPS) is 15.8. The molecule has 0 radical (unpaired) electrons. The summed E-state index contributed by atoms with van der Waals surface area (Å²) in [5.74, 6) is -0.913. The first-order chi connectivity index (χ1) is 17.0. The van der Waals surface area contributed by atoms with Crippen molar-refractivity contribution in [2.24, 2.45) is 0 Å². The minimum absolute atomic E-state index is 0.0600. The number of amides is 2. The van der Waals surface area contributed by atoms with Crippen molar-refractivity contribution < 1.29 is 19.1 Å². The zero-order chi connectivity index (χ0) is 25.2. The Kier molecular flexibility index (Phi) is 9.65. The first kappa shape index (κ1) is 26.2. The van der Waals surface area contributed by atoms with Crippen LogP contribution in [0, 0.1) is 0 Å². The second-order valence-corrected chi connectivity index (χ2v) is 8.88. The smallest absolute Gasteiger partial charge is 0.336 e. The molecule has 35 heavy (non-hydrogen) atoms. The average Bonchev–Trinajstić information content (AvgIpc) is 2.86. The van der Waals surface area contributed by atoms with Crippen molar-refractivity contribution >= 4 is 17.8 Å². The standard InChI is InChI=1S/C29H36N2O4/c1-4-6-7-11-17-30-28(33)24-16-12-13-22(18-24)20-31-21(3)27(29(34)35-5-2)25(19-26(31)32)23-14-9-8-10-15-23/h8-10,12-16,18,25H,4-7,11,17,19-20H2,1-3H3,(H,30,33). The van der Waals surface area contributed by atoms with Crippen LogP contribution >= 0.6 is 0 Å². The van der Waals surface area contributed by atoms with Crippen molar-refractivity contribution in [3.05, 3.63) is 82.6 Å². The fourth-order valence-electron chi connectivity index (χ4n) is 4.50. The maximum absolute atomic E-state index is 13.2. The highest BCUT2D eigenvalue weighted by molar-refractivity contribution is 5.96. The second-order valence-electron chi connectivity index (χ2n) is 8.88. The van der Waals surface area contributed by atoms with E-state index in [0.717, 1.165) is 30.4 Å². The van der Waals surface area contributed by atoms with E-state index in [-0.39, 0.29) is 37.3 Å². The average molecular weight is 477 g/mol. The molecule has 3 rings (SSSR count). The van der Waals surface area contributed by atoms with Crippen LogP contribution in [0.15, 0.2) is 65.9 Å². The van der Waals surface area contributed by atoms with Gasteiger partial charge in [-0.2, -0.15) is 0 Å². The Balaban J connectivity index is 1.81. The molecule has 2 aromatic carbocycles. The minimum atomic E-state index is -0.396. The molecule has 0 saturated carbocycles. The van der Waals surface area contributed by atoms with E-state index in [4.69, 9.17) is 4.74 Å². The number of benzene rings is 2. The van der Waals surface area contributed by atoms with E-state index in [0.29, 0.717) is 23.4 Å². The van der Waals surface area contributed by atoms with Gasteiger partial charge < -0.3 is 15.0 Å². The molecule has 186 valence electrons. The molecule has 6 heteroatoms. The number of esters is 1. The van der Waals surface area contributed by atoms with E-state index in [2.05, 4.69) is 12.2 Å². The molecule has 0 saturated heterocycles. The van der Waals surface area contributed by atoms with Gasteiger partial charge in [-0.1, -0.05) is 68.7 Å². The topological polar surface area (TPSA) is 75.7 Å². The molecular weight excluding hydrogens is 440 g/mol. The number of hydrogen-bond acceptors (Lipinski definition) is 4. The van der Waals surface area contributed by atoms with Crippen LogP contribution in [-0.4, -0.2) is 35.8 Å². The monoisotopic (exact) mass is 476 g/mol. The molecular formula is C29H36N2O4. The van der Waals surface area contributed by atoms with Crippen LogP contribution < -0.4 is 5.32 Å². The van der Waals surface area contributed by atoms with Gasteiger partial charge in [-0.15, -0.1) is 0 Å². The van der Waals surface area contributed by atoms with E-state index in [1.54, 1.807) is 24.8 Å². The summed E-state index contributed by atoms with van der Waals surface area (Å²) in [7, 11) is 0. The molecule has 0 aliphatic carbocycles. The van der Waals surface area contributed by atoms with Gasteiger partial charge in [0.05, 0.1) is 18.7 Å². The third kappa shape index (κ3) is 6.81. The number of hydrogen-bond donors (Lipinski definition) is 1. The number of carbonyl (C=O) groups is 3. The van der Waals surface area contributed by atoms with Crippen LogP contribution in [0.3, 0.4) is 0 Å². The maximum Gasteiger partial charge on any atom is 0.336 e. The van der Waals surface area contributed by atoms with Crippen LogP contribution in [-0.2, 0) is 20.9 Å². The zero-order valence-electron chi connectivity index (χ0n) is 21.0. The highest BCUT2D eigenvalue weighted by Gasteiger charge is 2.36. The Morgan fingerprint density at radius 1 is 1.03 bits per heavy atom. The number of ether oxygens (including phenoxy) is 1. The molecule has 1 atom stereocenters. The first-order valence-corrected chi connectivity index (χ1v) is 12.6. The van der Waals surface area contributed by atoms with E-state index < -0.39 is 5.97 Å². The van der Waals surface area contributed by atoms with Crippen molar-refractivity contribution in [1.82, 2.24) is 10.2 Å². The lowest BCUT2D eigenvalue weighted by Crippen LogP contribution is -2.38. The molecule has 1 unspecified atom stereocenters. The molecule has 1 aliphatic heterocycles. The predicted octanol–water partition coefficient (Wildman–Crippen LogP) is 5.35.